The first-order valence-corrected chi connectivity index (χ1v) is 9.16. The largest absolute Gasteiger partial charge is 0.484 e. The van der Waals surface area contributed by atoms with Crippen LogP contribution < -0.4 is 9.64 Å². The van der Waals surface area contributed by atoms with Crippen molar-refractivity contribution in [1.29, 1.82) is 0 Å². The summed E-state index contributed by atoms with van der Waals surface area (Å²) in [6.45, 7) is 2.39. The van der Waals surface area contributed by atoms with Crippen LogP contribution in [0.25, 0.3) is 5.65 Å². The number of carbonyl (C=O) groups excluding carboxylic acids is 1. The van der Waals surface area contributed by atoms with E-state index in [4.69, 9.17) is 4.74 Å². The highest BCUT2D eigenvalue weighted by atomic mass is 16.5. The molecule has 0 unspecified atom stereocenters. The Balaban J connectivity index is 1.56. The van der Waals surface area contributed by atoms with Crippen LogP contribution in [0.5, 0.6) is 5.75 Å². The van der Waals surface area contributed by atoms with Crippen molar-refractivity contribution in [3.8, 4) is 5.75 Å². The van der Waals surface area contributed by atoms with E-state index in [1.165, 1.54) is 0 Å². The number of ether oxygens (including phenoxy) is 1. The summed E-state index contributed by atoms with van der Waals surface area (Å²) in [6, 6.07) is 23.1. The van der Waals surface area contributed by atoms with E-state index in [9.17, 15) is 4.79 Å². The van der Waals surface area contributed by atoms with Crippen LogP contribution in [-0.2, 0) is 11.3 Å². The van der Waals surface area contributed by atoms with E-state index in [0.29, 0.717) is 12.3 Å². The van der Waals surface area contributed by atoms with Crippen LogP contribution in [0.15, 0.2) is 85.2 Å². The molecule has 0 saturated heterocycles. The van der Waals surface area contributed by atoms with Gasteiger partial charge in [-0.25, -0.2) is 4.98 Å². The molecular formula is C23H21N3O2. The fraction of sp³-hybridized carbons (Fsp3) is 0.130. The van der Waals surface area contributed by atoms with E-state index in [-0.39, 0.29) is 12.5 Å². The van der Waals surface area contributed by atoms with Gasteiger partial charge in [-0.2, -0.15) is 0 Å². The molecule has 0 spiro atoms. The predicted molar refractivity (Wildman–Crippen MR) is 109 cm³/mol. The lowest BCUT2D eigenvalue weighted by Crippen LogP contribution is -2.34. The lowest BCUT2D eigenvalue weighted by Gasteiger charge is -2.23. The lowest BCUT2D eigenvalue weighted by atomic mass is 10.2. The third-order valence-corrected chi connectivity index (χ3v) is 4.57. The number of rotatable bonds is 6. The molecule has 0 saturated carbocycles. The number of para-hydroxylation sites is 1. The van der Waals surface area contributed by atoms with Gasteiger partial charge in [-0.1, -0.05) is 42.0 Å². The number of benzene rings is 2. The molecule has 0 bridgehead atoms. The van der Waals surface area contributed by atoms with Crippen molar-refractivity contribution in [2.45, 2.75) is 13.5 Å². The van der Waals surface area contributed by atoms with E-state index in [1.54, 1.807) is 11.1 Å². The molecule has 4 rings (SSSR count). The molecule has 0 atom stereocenters. The molecule has 28 heavy (non-hydrogen) atoms. The Hall–Kier alpha value is -3.60. The van der Waals surface area contributed by atoms with Crippen LogP contribution in [0.1, 0.15) is 11.3 Å². The minimum Gasteiger partial charge on any atom is -0.484 e. The maximum absolute atomic E-state index is 13.0. The molecule has 140 valence electrons. The molecule has 1 amide bonds. The summed E-state index contributed by atoms with van der Waals surface area (Å²) in [5.41, 5.74) is 3.76. The van der Waals surface area contributed by atoms with Crippen LogP contribution in [0.2, 0.25) is 0 Å². The van der Waals surface area contributed by atoms with Gasteiger partial charge in [-0.05, 0) is 43.3 Å². The molecule has 5 nitrogen and oxygen atoms in total. The fourth-order valence-corrected chi connectivity index (χ4v) is 3.05. The van der Waals surface area contributed by atoms with Crippen LogP contribution in [-0.4, -0.2) is 21.9 Å². The zero-order chi connectivity index (χ0) is 19.3. The summed E-state index contributed by atoms with van der Waals surface area (Å²) >= 11 is 0. The van der Waals surface area contributed by atoms with Gasteiger partial charge < -0.3 is 14.0 Å². The molecule has 4 aromatic rings. The van der Waals surface area contributed by atoms with Crippen molar-refractivity contribution < 1.29 is 9.53 Å². The molecule has 5 heteroatoms. The monoisotopic (exact) mass is 371 g/mol. The first-order valence-electron chi connectivity index (χ1n) is 9.16. The second kappa shape index (κ2) is 7.96. The van der Waals surface area contributed by atoms with Crippen molar-refractivity contribution in [2.24, 2.45) is 0 Å². The zero-order valence-corrected chi connectivity index (χ0v) is 15.7. The van der Waals surface area contributed by atoms with Crippen molar-refractivity contribution >= 4 is 17.2 Å². The van der Waals surface area contributed by atoms with Crippen molar-refractivity contribution in [2.75, 3.05) is 11.5 Å². The van der Waals surface area contributed by atoms with Crippen molar-refractivity contribution in [3.63, 3.8) is 0 Å². The molecule has 0 fully saturated rings. The number of aromatic nitrogens is 2. The van der Waals surface area contributed by atoms with Gasteiger partial charge in [0.25, 0.3) is 5.91 Å². The number of hydrogen-bond donors (Lipinski definition) is 0. The molecule has 0 N–H and O–H groups in total. The normalized spacial score (nSPS) is 10.8. The summed E-state index contributed by atoms with van der Waals surface area (Å²) in [6.07, 6.45) is 3.76. The highest BCUT2D eigenvalue weighted by Gasteiger charge is 2.18. The molecule has 0 aliphatic carbocycles. The van der Waals surface area contributed by atoms with E-state index in [1.807, 2.05) is 90.3 Å². The highest BCUT2D eigenvalue weighted by molar-refractivity contribution is 5.94. The third kappa shape index (κ3) is 3.88. The zero-order valence-electron chi connectivity index (χ0n) is 15.7. The summed E-state index contributed by atoms with van der Waals surface area (Å²) in [7, 11) is 0. The van der Waals surface area contributed by atoms with Crippen molar-refractivity contribution in [1.82, 2.24) is 9.38 Å². The molecule has 0 radical (unpaired) electrons. The molecule has 2 aromatic heterocycles. The summed E-state index contributed by atoms with van der Waals surface area (Å²) in [4.78, 5) is 19.2. The maximum Gasteiger partial charge on any atom is 0.265 e. The van der Waals surface area contributed by atoms with Gasteiger partial charge in [0.2, 0.25) is 0 Å². The van der Waals surface area contributed by atoms with Gasteiger partial charge in [0, 0.05) is 11.9 Å². The third-order valence-electron chi connectivity index (χ3n) is 4.57. The summed E-state index contributed by atoms with van der Waals surface area (Å²) in [5, 5.41) is 0. The first kappa shape index (κ1) is 17.8. The first-order chi connectivity index (χ1) is 13.7. The highest BCUT2D eigenvalue weighted by Crippen LogP contribution is 2.19. The van der Waals surface area contributed by atoms with Crippen molar-refractivity contribution in [3.05, 3.63) is 96.4 Å². The van der Waals surface area contributed by atoms with Gasteiger partial charge >= 0.3 is 0 Å². The molecule has 2 aromatic carbocycles. The number of nitrogens with zero attached hydrogens (tertiary/aromatic N) is 3. The second-order valence-corrected chi connectivity index (χ2v) is 6.60. The van der Waals surface area contributed by atoms with Gasteiger partial charge in [-0.3, -0.25) is 4.79 Å². The maximum atomic E-state index is 13.0. The lowest BCUT2D eigenvalue weighted by molar-refractivity contribution is -0.120. The minimum atomic E-state index is -0.113. The standard InChI is InChI=1S/C23H21N3O2/c1-18-10-12-21(13-11-18)28-17-23(27)26(19-7-3-2-4-8-19)16-20-15-24-22-9-5-6-14-25(20)22/h2-15H,16-17H2,1H3. The Kier molecular flexibility index (Phi) is 5.06. The molecule has 2 heterocycles. The Morgan fingerprint density at radius 1 is 1.00 bits per heavy atom. The Morgan fingerprint density at radius 3 is 2.54 bits per heavy atom. The summed E-state index contributed by atoms with van der Waals surface area (Å²) < 4.78 is 7.71. The van der Waals surface area contributed by atoms with E-state index >= 15 is 0 Å². The Labute approximate surface area is 163 Å². The Bertz CT molecular complexity index is 1070. The summed E-state index contributed by atoms with van der Waals surface area (Å²) in [5.74, 6) is 0.569. The van der Waals surface area contributed by atoms with Crippen LogP contribution in [0.4, 0.5) is 5.69 Å². The average molecular weight is 371 g/mol. The van der Waals surface area contributed by atoms with Gasteiger partial charge in [0.15, 0.2) is 6.61 Å². The minimum absolute atomic E-state index is 0.0330. The number of fused-ring (bicyclic) bond motifs is 1. The number of carbonyl (C=O) groups is 1. The van der Waals surface area contributed by atoms with Crippen LogP contribution in [0.3, 0.4) is 0 Å². The van der Waals surface area contributed by atoms with Gasteiger partial charge in [0.1, 0.15) is 11.4 Å². The topological polar surface area (TPSA) is 46.8 Å². The number of amides is 1. The predicted octanol–water partition coefficient (Wildman–Crippen LogP) is 4.25. The number of anilines is 1. The molecular weight excluding hydrogens is 350 g/mol. The number of imidazole rings is 1. The van der Waals surface area contributed by atoms with Crippen LogP contribution in [0, 0.1) is 6.92 Å². The SMILES string of the molecule is Cc1ccc(OCC(=O)N(Cc2cnc3ccccn23)c2ccccc2)cc1. The quantitative estimate of drug-likeness (QED) is 0.509. The molecule has 0 aliphatic heterocycles. The average Bonchev–Trinajstić information content (AvgIpc) is 3.15. The Morgan fingerprint density at radius 2 is 1.75 bits per heavy atom. The smallest absolute Gasteiger partial charge is 0.265 e. The van der Waals surface area contributed by atoms with E-state index in [0.717, 1.165) is 22.6 Å². The van der Waals surface area contributed by atoms with E-state index < -0.39 is 0 Å². The van der Waals surface area contributed by atoms with E-state index in [2.05, 4.69) is 4.98 Å². The number of aryl methyl sites for hydroxylation is 1. The fourth-order valence-electron chi connectivity index (χ4n) is 3.05. The van der Waals surface area contributed by atoms with Crippen LogP contribution >= 0.6 is 0 Å². The number of pyridine rings is 1. The van der Waals surface area contributed by atoms with Gasteiger partial charge in [0.05, 0.1) is 18.4 Å². The molecule has 0 aliphatic rings. The second-order valence-electron chi connectivity index (χ2n) is 6.60. The number of hydrogen-bond acceptors (Lipinski definition) is 3. The van der Waals surface area contributed by atoms with Gasteiger partial charge in [-0.15, -0.1) is 0 Å².